The maximum absolute atomic E-state index is 11.9. The van der Waals surface area contributed by atoms with Gasteiger partial charge in [0.1, 0.15) is 0 Å². The van der Waals surface area contributed by atoms with Crippen LogP contribution in [0.2, 0.25) is 0 Å². The minimum absolute atomic E-state index is 0.181. The lowest BCUT2D eigenvalue weighted by atomic mass is 9.76. The zero-order valence-electron chi connectivity index (χ0n) is 14.9. The first kappa shape index (κ1) is 20.4. The highest BCUT2D eigenvalue weighted by molar-refractivity contribution is 5.75. The Labute approximate surface area is 131 Å². The number of rotatable bonds is 11. The fourth-order valence-electron chi connectivity index (χ4n) is 2.68. The quantitative estimate of drug-likeness (QED) is 0.577. The van der Waals surface area contributed by atoms with Crippen molar-refractivity contribution in [1.82, 2.24) is 10.2 Å². The SMILES string of the molecule is CCN(CC)CCCNC(=O)CCC(CCN)C(C)(C)C. The summed E-state index contributed by atoms with van der Waals surface area (Å²) in [5.41, 5.74) is 5.90. The smallest absolute Gasteiger partial charge is 0.220 e. The van der Waals surface area contributed by atoms with Crippen molar-refractivity contribution in [2.45, 2.75) is 60.3 Å². The Morgan fingerprint density at radius 2 is 1.81 bits per heavy atom. The Hall–Kier alpha value is -0.610. The number of hydrogen-bond donors (Lipinski definition) is 2. The van der Waals surface area contributed by atoms with Gasteiger partial charge >= 0.3 is 0 Å². The minimum atomic E-state index is 0.181. The van der Waals surface area contributed by atoms with Crippen LogP contribution in [0.15, 0.2) is 0 Å². The van der Waals surface area contributed by atoms with Gasteiger partial charge < -0.3 is 16.0 Å². The fourth-order valence-corrected chi connectivity index (χ4v) is 2.68. The van der Waals surface area contributed by atoms with Crippen LogP contribution in [0.5, 0.6) is 0 Å². The maximum atomic E-state index is 11.9. The molecule has 0 heterocycles. The fraction of sp³-hybridized carbons (Fsp3) is 0.941. The van der Waals surface area contributed by atoms with Crippen molar-refractivity contribution in [2.24, 2.45) is 17.1 Å². The van der Waals surface area contributed by atoms with Gasteiger partial charge in [0.25, 0.3) is 0 Å². The number of nitrogens with one attached hydrogen (secondary N) is 1. The first-order valence-corrected chi connectivity index (χ1v) is 8.54. The largest absolute Gasteiger partial charge is 0.356 e. The molecular formula is C17H37N3O. The highest BCUT2D eigenvalue weighted by Gasteiger charge is 2.24. The third kappa shape index (κ3) is 9.86. The molecule has 0 saturated carbocycles. The lowest BCUT2D eigenvalue weighted by molar-refractivity contribution is -0.121. The van der Waals surface area contributed by atoms with Crippen molar-refractivity contribution in [1.29, 1.82) is 0 Å². The van der Waals surface area contributed by atoms with E-state index in [4.69, 9.17) is 5.73 Å². The van der Waals surface area contributed by atoms with Crippen LogP contribution < -0.4 is 11.1 Å². The van der Waals surface area contributed by atoms with Crippen molar-refractivity contribution in [3.8, 4) is 0 Å². The van der Waals surface area contributed by atoms with Crippen LogP contribution in [0.3, 0.4) is 0 Å². The van der Waals surface area contributed by atoms with Crippen LogP contribution in [-0.4, -0.2) is 43.5 Å². The molecule has 0 fully saturated rings. The van der Waals surface area contributed by atoms with Crippen molar-refractivity contribution in [3.05, 3.63) is 0 Å². The molecule has 0 radical (unpaired) electrons. The monoisotopic (exact) mass is 299 g/mol. The molecule has 0 aromatic heterocycles. The molecule has 4 nitrogen and oxygen atoms in total. The molecule has 1 atom stereocenters. The van der Waals surface area contributed by atoms with Crippen LogP contribution in [0.25, 0.3) is 0 Å². The molecule has 1 amide bonds. The van der Waals surface area contributed by atoms with E-state index < -0.39 is 0 Å². The Kier molecular flexibility index (Phi) is 10.7. The number of carbonyl (C=O) groups is 1. The van der Waals surface area contributed by atoms with Gasteiger partial charge in [-0.25, -0.2) is 0 Å². The van der Waals surface area contributed by atoms with Crippen LogP contribution in [-0.2, 0) is 4.79 Å². The number of carbonyl (C=O) groups excluding carboxylic acids is 1. The summed E-state index contributed by atoms with van der Waals surface area (Å²) in [5, 5.41) is 3.04. The predicted molar refractivity (Wildman–Crippen MR) is 91.3 cm³/mol. The van der Waals surface area contributed by atoms with Crippen LogP contribution in [0, 0.1) is 11.3 Å². The second kappa shape index (κ2) is 11.0. The van der Waals surface area contributed by atoms with Gasteiger partial charge in [-0.15, -0.1) is 0 Å². The Morgan fingerprint density at radius 3 is 2.29 bits per heavy atom. The van der Waals surface area contributed by atoms with E-state index in [9.17, 15) is 4.79 Å². The molecule has 4 heteroatoms. The average molecular weight is 300 g/mol. The van der Waals surface area contributed by atoms with E-state index in [1.807, 2.05) is 0 Å². The molecule has 1 unspecified atom stereocenters. The molecule has 0 bridgehead atoms. The van der Waals surface area contributed by atoms with Gasteiger partial charge in [0, 0.05) is 13.0 Å². The van der Waals surface area contributed by atoms with Crippen LogP contribution in [0.1, 0.15) is 60.3 Å². The third-order valence-electron chi connectivity index (χ3n) is 4.33. The molecule has 0 spiro atoms. The summed E-state index contributed by atoms with van der Waals surface area (Å²) < 4.78 is 0. The second-order valence-corrected chi connectivity index (χ2v) is 6.91. The lowest BCUT2D eigenvalue weighted by Gasteiger charge is -2.30. The Morgan fingerprint density at radius 1 is 1.19 bits per heavy atom. The number of amides is 1. The van der Waals surface area contributed by atoms with Crippen LogP contribution >= 0.6 is 0 Å². The van der Waals surface area contributed by atoms with Gasteiger partial charge in [0.05, 0.1) is 0 Å². The van der Waals surface area contributed by atoms with E-state index in [1.54, 1.807) is 0 Å². The minimum Gasteiger partial charge on any atom is -0.356 e. The van der Waals surface area contributed by atoms with Gasteiger partial charge in [0.2, 0.25) is 5.91 Å². The summed E-state index contributed by atoms with van der Waals surface area (Å²) in [4.78, 5) is 14.3. The summed E-state index contributed by atoms with van der Waals surface area (Å²) >= 11 is 0. The van der Waals surface area contributed by atoms with Crippen molar-refractivity contribution >= 4 is 5.91 Å². The maximum Gasteiger partial charge on any atom is 0.220 e. The van der Waals surface area contributed by atoms with E-state index in [1.165, 1.54) is 0 Å². The molecular weight excluding hydrogens is 262 g/mol. The molecule has 0 aromatic rings. The third-order valence-corrected chi connectivity index (χ3v) is 4.33. The summed E-state index contributed by atoms with van der Waals surface area (Å²) in [6.07, 6.45) is 3.58. The Bertz CT molecular complexity index is 270. The molecule has 0 aromatic carbocycles. The Balaban J connectivity index is 3.88. The van der Waals surface area contributed by atoms with Gasteiger partial charge in [-0.1, -0.05) is 34.6 Å². The molecule has 21 heavy (non-hydrogen) atoms. The van der Waals surface area contributed by atoms with Gasteiger partial charge in [0.15, 0.2) is 0 Å². The van der Waals surface area contributed by atoms with Crippen molar-refractivity contribution in [3.63, 3.8) is 0 Å². The van der Waals surface area contributed by atoms with E-state index >= 15 is 0 Å². The van der Waals surface area contributed by atoms with Crippen LogP contribution in [0.4, 0.5) is 0 Å². The standard InChI is InChI=1S/C17H37N3O/c1-6-20(7-2)14-8-13-19-16(21)10-9-15(11-12-18)17(3,4)5/h15H,6-14,18H2,1-5H3,(H,19,21). The number of nitrogens with two attached hydrogens (primary N) is 1. The first-order valence-electron chi connectivity index (χ1n) is 8.54. The topological polar surface area (TPSA) is 58.4 Å². The summed E-state index contributed by atoms with van der Waals surface area (Å²) in [6, 6.07) is 0. The number of hydrogen-bond acceptors (Lipinski definition) is 3. The van der Waals surface area contributed by atoms with E-state index in [0.717, 1.165) is 45.4 Å². The van der Waals surface area contributed by atoms with Gasteiger partial charge in [-0.2, -0.15) is 0 Å². The van der Waals surface area contributed by atoms with E-state index in [0.29, 0.717) is 18.9 Å². The predicted octanol–water partition coefficient (Wildman–Crippen LogP) is 2.63. The molecule has 0 rings (SSSR count). The summed E-state index contributed by atoms with van der Waals surface area (Å²) in [6.45, 7) is 15.7. The molecule has 3 N–H and O–H groups in total. The molecule has 0 aliphatic heterocycles. The van der Waals surface area contributed by atoms with Crippen molar-refractivity contribution in [2.75, 3.05) is 32.7 Å². The molecule has 0 aliphatic carbocycles. The lowest BCUT2D eigenvalue weighted by Crippen LogP contribution is -2.31. The summed E-state index contributed by atoms with van der Waals surface area (Å²) in [7, 11) is 0. The van der Waals surface area contributed by atoms with E-state index in [-0.39, 0.29) is 11.3 Å². The molecule has 0 aliphatic rings. The van der Waals surface area contributed by atoms with Crippen molar-refractivity contribution < 1.29 is 4.79 Å². The molecule has 126 valence electrons. The highest BCUT2D eigenvalue weighted by Crippen LogP contribution is 2.31. The molecule has 0 saturated heterocycles. The zero-order chi connectivity index (χ0) is 16.3. The van der Waals surface area contributed by atoms with Gasteiger partial charge in [-0.05, 0) is 56.8 Å². The average Bonchev–Trinajstić information content (AvgIpc) is 2.42. The first-order chi connectivity index (χ1) is 9.85. The zero-order valence-corrected chi connectivity index (χ0v) is 14.9. The second-order valence-electron chi connectivity index (χ2n) is 6.91. The number of nitrogens with zero attached hydrogens (tertiary/aromatic N) is 1. The normalized spacial score (nSPS) is 13.5. The van der Waals surface area contributed by atoms with E-state index in [2.05, 4.69) is 44.8 Å². The van der Waals surface area contributed by atoms with Gasteiger partial charge in [-0.3, -0.25) is 4.79 Å². The summed E-state index contributed by atoms with van der Waals surface area (Å²) in [5.74, 6) is 0.699. The highest BCUT2D eigenvalue weighted by atomic mass is 16.1.